The Morgan fingerprint density at radius 1 is 1.50 bits per heavy atom. The van der Waals surface area contributed by atoms with Crippen LogP contribution < -0.4 is 5.32 Å². The van der Waals surface area contributed by atoms with Gasteiger partial charge in [0.05, 0.1) is 11.9 Å². The maximum atomic E-state index is 13.5. The van der Waals surface area contributed by atoms with E-state index < -0.39 is 11.7 Å². The molecule has 1 heterocycles. The Kier molecular flexibility index (Phi) is 4.09. The van der Waals surface area contributed by atoms with Crippen LogP contribution in [0.3, 0.4) is 0 Å². The van der Waals surface area contributed by atoms with E-state index in [1.165, 1.54) is 12.1 Å². The van der Waals surface area contributed by atoms with E-state index in [0.29, 0.717) is 17.4 Å². The topological polar surface area (TPSA) is 57.8 Å². The summed E-state index contributed by atoms with van der Waals surface area (Å²) in [5.74, 6) is -0.956. The van der Waals surface area contributed by atoms with Gasteiger partial charge in [-0.2, -0.15) is 0 Å². The normalized spacial score (nSPS) is 10.3. The molecule has 0 spiro atoms. The number of nitrogens with zero attached hydrogens (tertiary/aromatic N) is 1. The number of carbonyl (C=O) groups is 1. The monoisotopic (exact) mass is 311 g/mol. The Hall–Kier alpha value is -1.69. The zero-order valence-electron chi connectivity index (χ0n) is 9.41. The van der Waals surface area contributed by atoms with Gasteiger partial charge < -0.3 is 10.3 Å². The molecule has 0 aliphatic rings. The summed E-state index contributed by atoms with van der Waals surface area (Å²) in [6.45, 7) is 0.427. The van der Waals surface area contributed by atoms with Crippen LogP contribution in [0, 0.1) is 5.82 Å². The summed E-state index contributed by atoms with van der Waals surface area (Å²) in [5.41, 5.74) is 0.967. The lowest BCUT2D eigenvalue weighted by Gasteiger charge is -2.05. The van der Waals surface area contributed by atoms with E-state index in [2.05, 4.69) is 31.2 Å². The first-order chi connectivity index (χ1) is 8.66. The number of hydrogen-bond acceptors (Lipinski definition) is 2. The summed E-state index contributed by atoms with van der Waals surface area (Å²) in [5, 5.41) is 2.66. The second-order valence-corrected chi connectivity index (χ2v) is 4.62. The number of H-pyrrole nitrogens is 1. The molecule has 2 N–H and O–H groups in total. The van der Waals surface area contributed by atoms with Crippen molar-refractivity contribution in [1.29, 1.82) is 0 Å². The van der Waals surface area contributed by atoms with Crippen LogP contribution in [-0.2, 0) is 6.42 Å². The van der Waals surface area contributed by atoms with Gasteiger partial charge in [-0.25, -0.2) is 9.37 Å². The molecule has 0 saturated heterocycles. The van der Waals surface area contributed by atoms with E-state index in [4.69, 9.17) is 0 Å². The van der Waals surface area contributed by atoms with Crippen molar-refractivity contribution in [2.75, 3.05) is 6.54 Å². The lowest BCUT2D eigenvalue weighted by atomic mass is 10.2. The molecule has 2 aromatic rings. The highest BCUT2D eigenvalue weighted by atomic mass is 79.9. The molecule has 1 aromatic carbocycles. The Bertz CT molecular complexity index is 542. The molecule has 4 nitrogen and oxygen atoms in total. The lowest BCUT2D eigenvalue weighted by Crippen LogP contribution is -2.26. The van der Waals surface area contributed by atoms with Gasteiger partial charge in [-0.15, -0.1) is 0 Å². The fourth-order valence-corrected chi connectivity index (χ4v) is 1.83. The number of imidazole rings is 1. The average molecular weight is 312 g/mol. The first-order valence-corrected chi connectivity index (χ1v) is 6.16. The van der Waals surface area contributed by atoms with Gasteiger partial charge in [0.25, 0.3) is 5.91 Å². The zero-order chi connectivity index (χ0) is 13.0. The van der Waals surface area contributed by atoms with Gasteiger partial charge in [-0.1, -0.05) is 15.9 Å². The van der Waals surface area contributed by atoms with Crippen molar-refractivity contribution in [3.05, 3.63) is 52.3 Å². The number of benzene rings is 1. The predicted octanol–water partition coefficient (Wildman–Crippen LogP) is 2.28. The molecule has 0 bridgehead atoms. The van der Waals surface area contributed by atoms with E-state index in [-0.39, 0.29) is 5.56 Å². The standard InChI is InChI=1S/C12H11BrFN3O/c13-8-1-2-10(11(14)5-8)12(18)16-4-3-9-6-15-7-17-9/h1-2,5-7H,3-4H2,(H,15,17)(H,16,18). The Morgan fingerprint density at radius 3 is 3.00 bits per heavy atom. The van der Waals surface area contributed by atoms with E-state index in [1.54, 1.807) is 18.6 Å². The highest BCUT2D eigenvalue weighted by molar-refractivity contribution is 9.10. The number of amides is 1. The van der Waals surface area contributed by atoms with Crippen molar-refractivity contribution in [2.45, 2.75) is 6.42 Å². The number of aromatic nitrogens is 2. The molecule has 0 saturated carbocycles. The quantitative estimate of drug-likeness (QED) is 0.910. The van der Waals surface area contributed by atoms with Gasteiger partial charge in [0.2, 0.25) is 0 Å². The SMILES string of the molecule is O=C(NCCc1cnc[nH]1)c1ccc(Br)cc1F. The third kappa shape index (κ3) is 3.16. The van der Waals surface area contributed by atoms with Gasteiger partial charge in [0, 0.05) is 29.3 Å². The van der Waals surface area contributed by atoms with Gasteiger partial charge in [0.15, 0.2) is 0 Å². The summed E-state index contributed by atoms with van der Waals surface area (Å²) < 4.78 is 14.1. The maximum Gasteiger partial charge on any atom is 0.254 e. The number of carbonyl (C=O) groups excluding carboxylic acids is 1. The summed E-state index contributed by atoms with van der Waals surface area (Å²) in [7, 11) is 0. The van der Waals surface area contributed by atoms with E-state index in [9.17, 15) is 9.18 Å². The van der Waals surface area contributed by atoms with Crippen LogP contribution in [0.4, 0.5) is 4.39 Å². The minimum Gasteiger partial charge on any atom is -0.352 e. The number of hydrogen-bond donors (Lipinski definition) is 2. The molecule has 18 heavy (non-hydrogen) atoms. The lowest BCUT2D eigenvalue weighted by molar-refractivity contribution is 0.0950. The molecule has 0 atom stereocenters. The van der Waals surface area contributed by atoms with Gasteiger partial charge in [-0.3, -0.25) is 4.79 Å². The van der Waals surface area contributed by atoms with Crippen LogP contribution in [-0.4, -0.2) is 22.4 Å². The largest absolute Gasteiger partial charge is 0.352 e. The third-order valence-corrected chi connectivity index (χ3v) is 2.90. The second-order valence-electron chi connectivity index (χ2n) is 3.71. The molecule has 0 radical (unpaired) electrons. The van der Waals surface area contributed by atoms with E-state index in [0.717, 1.165) is 5.69 Å². The molecule has 0 aliphatic heterocycles. The summed E-state index contributed by atoms with van der Waals surface area (Å²) in [4.78, 5) is 18.5. The minimum atomic E-state index is -0.539. The summed E-state index contributed by atoms with van der Waals surface area (Å²) in [6.07, 6.45) is 3.89. The molecule has 1 aromatic heterocycles. The number of halogens is 2. The Balaban J connectivity index is 1.91. The zero-order valence-corrected chi connectivity index (χ0v) is 11.0. The number of aromatic amines is 1. The molecule has 6 heteroatoms. The van der Waals surface area contributed by atoms with Crippen LogP contribution >= 0.6 is 15.9 Å². The fourth-order valence-electron chi connectivity index (χ4n) is 1.50. The molecule has 0 unspecified atom stereocenters. The first kappa shape index (κ1) is 12.8. The van der Waals surface area contributed by atoms with Gasteiger partial charge in [0.1, 0.15) is 5.82 Å². The predicted molar refractivity (Wildman–Crippen MR) is 68.7 cm³/mol. The number of nitrogens with one attached hydrogen (secondary N) is 2. The molecule has 0 fully saturated rings. The number of rotatable bonds is 4. The highest BCUT2D eigenvalue weighted by Gasteiger charge is 2.11. The smallest absolute Gasteiger partial charge is 0.254 e. The van der Waals surface area contributed by atoms with Crippen LogP contribution in [0.15, 0.2) is 35.2 Å². The maximum absolute atomic E-state index is 13.5. The molecule has 1 amide bonds. The van der Waals surface area contributed by atoms with Gasteiger partial charge >= 0.3 is 0 Å². The van der Waals surface area contributed by atoms with Crippen molar-refractivity contribution < 1.29 is 9.18 Å². The van der Waals surface area contributed by atoms with Gasteiger partial charge in [-0.05, 0) is 18.2 Å². The van der Waals surface area contributed by atoms with Crippen molar-refractivity contribution >= 4 is 21.8 Å². The molecular weight excluding hydrogens is 301 g/mol. The van der Waals surface area contributed by atoms with Crippen LogP contribution in [0.1, 0.15) is 16.1 Å². The molecule has 2 rings (SSSR count). The second kappa shape index (κ2) is 5.77. The van der Waals surface area contributed by atoms with Crippen molar-refractivity contribution in [3.63, 3.8) is 0 Å². The molecular formula is C12H11BrFN3O. The minimum absolute atomic E-state index is 0.0443. The Morgan fingerprint density at radius 2 is 2.33 bits per heavy atom. The summed E-state index contributed by atoms with van der Waals surface area (Å²) in [6, 6.07) is 4.35. The van der Waals surface area contributed by atoms with Crippen LogP contribution in [0.2, 0.25) is 0 Å². The molecule has 94 valence electrons. The third-order valence-electron chi connectivity index (χ3n) is 2.41. The van der Waals surface area contributed by atoms with Crippen molar-refractivity contribution in [3.8, 4) is 0 Å². The average Bonchev–Trinajstić information content (AvgIpc) is 2.81. The van der Waals surface area contributed by atoms with Crippen molar-refractivity contribution in [2.24, 2.45) is 0 Å². The summed E-state index contributed by atoms with van der Waals surface area (Å²) >= 11 is 3.14. The van der Waals surface area contributed by atoms with Crippen LogP contribution in [0.25, 0.3) is 0 Å². The van der Waals surface area contributed by atoms with Crippen LogP contribution in [0.5, 0.6) is 0 Å². The fraction of sp³-hybridized carbons (Fsp3) is 0.167. The highest BCUT2D eigenvalue weighted by Crippen LogP contribution is 2.15. The van der Waals surface area contributed by atoms with E-state index >= 15 is 0 Å². The Labute approximate surface area is 112 Å². The van der Waals surface area contributed by atoms with Crippen molar-refractivity contribution in [1.82, 2.24) is 15.3 Å². The van der Waals surface area contributed by atoms with E-state index in [1.807, 2.05) is 0 Å². The molecule has 0 aliphatic carbocycles. The first-order valence-electron chi connectivity index (χ1n) is 5.37.